The van der Waals surface area contributed by atoms with Gasteiger partial charge in [0.15, 0.2) is 0 Å². The number of nitrogens with zero attached hydrogens (tertiary/aromatic N) is 5. The Morgan fingerprint density at radius 2 is 1.54 bits per heavy atom. The molecule has 0 atom stereocenters. The van der Waals surface area contributed by atoms with Crippen molar-refractivity contribution in [3.63, 3.8) is 0 Å². The molecule has 0 spiro atoms. The van der Waals surface area contributed by atoms with Gasteiger partial charge in [0.1, 0.15) is 5.82 Å². The molecule has 6 heteroatoms. The van der Waals surface area contributed by atoms with E-state index in [1.54, 1.807) is 0 Å². The molecular weight excluding hydrogens is 480 g/mol. The Kier molecular flexibility index (Phi) is 7.40. The molecule has 6 rings (SSSR count). The Balaban J connectivity index is 1.22. The number of piperazine rings is 1. The summed E-state index contributed by atoms with van der Waals surface area (Å²) in [4.78, 5) is 19.4. The number of hydrogen-bond donors (Lipinski definition) is 1. The van der Waals surface area contributed by atoms with Crippen LogP contribution in [0.3, 0.4) is 0 Å². The maximum absolute atomic E-state index is 4.90. The maximum atomic E-state index is 4.90. The van der Waals surface area contributed by atoms with Crippen LogP contribution in [0, 0.1) is 6.92 Å². The lowest BCUT2D eigenvalue weighted by Gasteiger charge is -2.36. The van der Waals surface area contributed by atoms with Crippen molar-refractivity contribution in [3.8, 4) is 33.6 Å². The van der Waals surface area contributed by atoms with Crippen LogP contribution in [-0.2, 0) is 6.54 Å². The third-order valence-electron chi connectivity index (χ3n) is 7.81. The monoisotopic (exact) mass is 518 g/mol. The lowest BCUT2D eigenvalue weighted by atomic mass is 10.0. The van der Waals surface area contributed by atoms with Gasteiger partial charge in [-0.25, -0.2) is 4.98 Å². The summed E-state index contributed by atoms with van der Waals surface area (Å²) >= 11 is 0. The smallest absolute Gasteiger partial charge is 0.127 e. The van der Waals surface area contributed by atoms with Crippen molar-refractivity contribution in [2.45, 2.75) is 52.2 Å². The van der Waals surface area contributed by atoms with Crippen molar-refractivity contribution in [2.75, 3.05) is 31.5 Å². The number of nitrogens with one attached hydrogen (secondary N) is 1. The molecule has 1 saturated heterocycles. The zero-order valence-corrected chi connectivity index (χ0v) is 23.3. The largest absolute Gasteiger partial charge is 0.367 e. The SMILES string of the molecule is Cc1cccc(-c2cc(-c3cncc(-c4ccc(CN5CCN(C(C)C)CC5)cc4)c3)cc(NC3CC3)n2)n1. The highest BCUT2D eigenvalue weighted by Crippen LogP contribution is 2.32. The van der Waals surface area contributed by atoms with E-state index in [4.69, 9.17) is 9.97 Å². The van der Waals surface area contributed by atoms with E-state index < -0.39 is 0 Å². The first-order valence-corrected chi connectivity index (χ1v) is 14.2. The lowest BCUT2D eigenvalue weighted by molar-refractivity contribution is 0.104. The number of aromatic nitrogens is 3. The fourth-order valence-electron chi connectivity index (χ4n) is 5.28. The second-order valence-electron chi connectivity index (χ2n) is 11.3. The molecule has 3 aromatic heterocycles. The average Bonchev–Trinajstić information content (AvgIpc) is 3.78. The molecule has 4 aromatic rings. The minimum atomic E-state index is 0.521. The first-order chi connectivity index (χ1) is 19.0. The van der Waals surface area contributed by atoms with Crippen molar-refractivity contribution in [1.82, 2.24) is 24.8 Å². The summed E-state index contributed by atoms with van der Waals surface area (Å²) in [6, 6.07) is 22.7. The van der Waals surface area contributed by atoms with Gasteiger partial charge in [0.05, 0.1) is 11.4 Å². The average molecular weight is 519 g/mol. The highest BCUT2D eigenvalue weighted by Gasteiger charge is 2.22. The van der Waals surface area contributed by atoms with Gasteiger partial charge < -0.3 is 5.32 Å². The van der Waals surface area contributed by atoms with Crippen molar-refractivity contribution in [2.24, 2.45) is 0 Å². The molecule has 1 N–H and O–H groups in total. The number of benzene rings is 1. The molecule has 2 fully saturated rings. The molecule has 200 valence electrons. The summed E-state index contributed by atoms with van der Waals surface area (Å²) in [5.41, 5.74) is 8.59. The zero-order chi connectivity index (χ0) is 26.8. The van der Waals surface area contributed by atoms with Gasteiger partial charge >= 0.3 is 0 Å². The van der Waals surface area contributed by atoms with Gasteiger partial charge in [-0.15, -0.1) is 0 Å². The molecule has 1 aromatic carbocycles. The van der Waals surface area contributed by atoms with E-state index in [1.807, 2.05) is 37.5 Å². The van der Waals surface area contributed by atoms with Crippen molar-refractivity contribution in [1.29, 1.82) is 0 Å². The third-order valence-corrected chi connectivity index (χ3v) is 7.81. The molecule has 1 aliphatic heterocycles. The van der Waals surface area contributed by atoms with Crippen LogP contribution >= 0.6 is 0 Å². The lowest BCUT2D eigenvalue weighted by Crippen LogP contribution is -2.48. The Hall–Kier alpha value is -3.61. The molecule has 6 nitrogen and oxygen atoms in total. The Morgan fingerprint density at radius 3 is 2.23 bits per heavy atom. The second-order valence-corrected chi connectivity index (χ2v) is 11.3. The summed E-state index contributed by atoms with van der Waals surface area (Å²) < 4.78 is 0. The molecule has 1 aliphatic carbocycles. The van der Waals surface area contributed by atoms with Crippen LogP contribution in [0.1, 0.15) is 37.9 Å². The van der Waals surface area contributed by atoms with E-state index >= 15 is 0 Å². The molecule has 39 heavy (non-hydrogen) atoms. The number of rotatable bonds is 8. The van der Waals surface area contributed by atoms with E-state index in [1.165, 1.54) is 24.0 Å². The minimum absolute atomic E-state index is 0.521. The predicted molar refractivity (Wildman–Crippen MR) is 160 cm³/mol. The van der Waals surface area contributed by atoms with Gasteiger partial charge in [-0.1, -0.05) is 30.3 Å². The van der Waals surface area contributed by atoms with Gasteiger partial charge in [0.25, 0.3) is 0 Å². The zero-order valence-electron chi connectivity index (χ0n) is 23.3. The second kappa shape index (κ2) is 11.2. The standard InChI is InChI=1S/C33H38N6/c1-23(2)39-15-13-38(14-16-39)22-25-7-9-26(10-8-25)28-17-29(21-34-20-28)27-18-32(31-6-4-5-24(3)35-31)37-33(19-27)36-30-11-12-30/h4-10,17-21,23,30H,11-16,22H2,1-3H3,(H,36,37). The number of aryl methyl sites for hydroxylation is 1. The van der Waals surface area contributed by atoms with Crippen LogP contribution in [-0.4, -0.2) is 63.0 Å². The van der Waals surface area contributed by atoms with E-state index in [2.05, 4.69) is 76.4 Å². The van der Waals surface area contributed by atoms with Gasteiger partial charge in [-0.2, -0.15) is 0 Å². The number of anilines is 1. The van der Waals surface area contributed by atoms with E-state index in [0.29, 0.717) is 12.1 Å². The van der Waals surface area contributed by atoms with Crippen molar-refractivity contribution < 1.29 is 0 Å². The molecule has 0 amide bonds. The summed E-state index contributed by atoms with van der Waals surface area (Å²) in [5, 5.41) is 3.58. The molecule has 0 bridgehead atoms. The fraction of sp³-hybridized carbons (Fsp3) is 0.364. The van der Waals surface area contributed by atoms with Crippen LogP contribution in [0.25, 0.3) is 33.6 Å². The Morgan fingerprint density at radius 1 is 0.795 bits per heavy atom. The van der Waals surface area contributed by atoms with Crippen LogP contribution < -0.4 is 5.32 Å². The predicted octanol–water partition coefficient (Wildman–Crippen LogP) is 6.28. The first kappa shape index (κ1) is 25.7. The highest BCUT2D eigenvalue weighted by atomic mass is 15.3. The van der Waals surface area contributed by atoms with Crippen molar-refractivity contribution >= 4 is 5.82 Å². The van der Waals surface area contributed by atoms with Gasteiger partial charge in [0.2, 0.25) is 0 Å². The van der Waals surface area contributed by atoms with E-state index in [9.17, 15) is 0 Å². The normalized spacial score (nSPS) is 16.5. The van der Waals surface area contributed by atoms with Gasteiger partial charge in [0, 0.05) is 74.0 Å². The third kappa shape index (κ3) is 6.35. The summed E-state index contributed by atoms with van der Waals surface area (Å²) in [7, 11) is 0. The number of pyridine rings is 3. The molecular formula is C33H38N6. The maximum Gasteiger partial charge on any atom is 0.127 e. The summed E-state index contributed by atoms with van der Waals surface area (Å²) in [5.74, 6) is 0.900. The molecule has 2 aliphatic rings. The van der Waals surface area contributed by atoms with Gasteiger partial charge in [-0.3, -0.25) is 19.8 Å². The molecule has 0 unspecified atom stereocenters. The van der Waals surface area contributed by atoms with E-state index in [-0.39, 0.29) is 0 Å². The fourth-order valence-corrected chi connectivity index (χ4v) is 5.28. The summed E-state index contributed by atoms with van der Waals surface area (Å²) in [6.45, 7) is 12.2. The quantitative estimate of drug-likeness (QED) is 0.296. The highest BCUT2D eigenvalue weighted by molar-refractivity contribution is 5.76. The van der Waals surface area contributed by atoms with Crippen LogP contribution in [0.4, 0.5) is 5.82 Å². The topological polar surface area (TPSA) is 57.2 Å². The Bertz CT molecular complexity index is 1420. The van der Waals surface area contributed by atoms with Crippen LogP contribution in [0.5, 0.6) is 0 Å². The number of hydrogen-bond acceptors (Lipinski definition) is 6. The summed E-state index contributed by atoms with van der Waals surface area (Å²) in [6.07, 6.45) is 6.30. The van der Waals surface area contributed by atoms with Crippen molar-refractivity contribution in [3.05, 3.63) is 84.3 Å². The van der Waals surface area contributed by atoms with Crippen LogP contribution in [0.2, 0.25) is 0 Å². The van der Waals surface area contributed by atoms with Crippen LogP contribution in [0.15, 0.2) is 73.1 Å². The van der Waals surface area contributed by atoms with E-state index in [0.717, 1.165) is 72.3 Å². The molecule has 0 radical (unpaired) electrons. The molecule has 4 heterocycles. The Labute approximate surface area is 232 Å². The minimum Gasteiger partial charge on any atom is -0.367 e. The van der Waals surface area contributed by atoms with Gasteiger partial charge in [-0.05, 0) is 80.6 Å². The molecule has 1 saturated carbocycles. The first-order valence-electron chi connectivity index (χ1n) is 14.2.